The molecule has 7 nitrogen and oxygen atoms in total. The van der Waals surface area contributed by atoms with Gasteiger partial charge in [0.05, 0.1) is 18.4 Å². The van der Waals surface area contributed by atoms with Gasteiger partial charge in [-0.1, -0.05) is 16.8 Å². The number of likely N-dealkylation sites (N-methyl/N-ethyl adjacent to an activating group) is 1. The number of halogens is 2. The van der Waals surface area contributed by atoms with Crippen molar-refractivity contribution in [3.63, 3.8) is 0 Å². The normalized spacial score (nSPS) is 17.2. The van der Waals surface area contributed by atoms with Gasteiger partial charge >= 0.3 is 0 Å². The fourth-order valence-corrected chi connectivity index (χ4v) is 3.09. The van der Waals surface area contributed by atoms with Crippen LogP contribution >= 0.6 is 11.6 Å². The molecule has 2 aromatic rings. The lowest BCUT2D eigenvalue weighted by Gasteiger charge is -2.21. The van der Waals surface area contributed by atoms with Crippen molar-refractivity contribution >= 4 is 23.4 Å². The Morgan fingerprint density at radius 1 is 1.44 bits per heavy atom. The van der Waals surface area contributed by atoms with Crippen LogP contribution in [0.2, 0.25) is 5.02 Å². The highest BCUT2D eigenvalue weighted by atomic mass is 35.5. The van der Waals surface area contributed by atoms with Crippen molar-refractivity contribution in [3.05, 3.63) is 40.9 Å². The quantitative estimate of drug-likeness (QED) is 0.874. The Labute approximate surface area is 148 Å². The molecule has 0 bridgehead atoms. The predicted octanol–water partition coefficient (Wildman–Crippen LogP) is 1.69. The number of hydrogen-bond acceptors (Lipinski definition) is 4. The molecule has 9 heteroatoms. The first-order valence-corrected chi connectivity index (χ1v) is 8.30. The molecule has 0 saturated carbocycles. The second kappa shape index (κ2) is 7.18. The highest BCUT2D eigenvalue weighted by molar-refractivity contribution is 6.30. The van der Waals surface area contributed by atoms with E-state index in [1.54, 1.807) is 17.2 Å². The molecule has 0 radical (unpaired) electrons. The van der Waals surface area contributed by atoms with Crippen molar-refractivity contribution in [1.82, 2.24) is 25.2 Å². The largest absolute Gasteiger partial charge is 0.349 e. The van der Waals surface area contributed by atoms with Gasteiger partial charge in [-0.15, -0.1) is 5.10 Å². The SMILES string of the molecule is CCN1C(=O)CCC1C(=O)NCc1cn(-c2cc(F)cc(Cl)c2)nn1. The molecule has 1 unspecified atom stereocenters. The van der Waals surface area contributed by atoms with Crippen LogP contribution in [0.25, 0.3) is 5.69 Å². The van der Waals surface area contributed by atoms with E-state index in [4.69, 9.17) is 11.6 Å². The fraction of sp³-hybridized carbons (Fsp3) is 0.375. The van der Waals surface area contributed by atoms with Crippen molar-refractivity contribution in [2.45, 2.75) is 32.4 Å². The van der Waals surface area contributed by atoms with E-state index in [1.165, 1.54) is 16.8 Å². The van der Waals surface area contributed by atoms with E-state index in [0.717, 1.165) is 0 Å². The number of carbonyl (C=O) groups excluding carboxylic acids is 2. The van der Waals surface area contributed by atoms with Gasteiger partial charge in [0.15, 0.2) is 0 Å². The van der Waals surface area contributed by atoms with Crippen LogP contribution in [0, 0.1) is 5.82 Å². The van der Waals surface area contributed by atoms with E-state index in [-0.39, 0.29) is 23.4 Å². The molecule has 3 rings (SSSR count). The van der Waals surface area contributed by atoms with Gasteiger partial charge in [-0.2, -0.15) is 0 Å². The summed E-state index contributed by atoms with van der Waals surface area (Å²) in [5.74, 6) is -0.689. The molecule has 1 aliphatic heterocycles. The highest BCUT2D eigenvalue weighted by Gasteiger charge is 2.34. The van der Waals surface area contributed by atoms with Crippen molar-refractivity contribution < 1.29 is 14.0 Å². The zero-order chi connectivity index (χ0) is 18.0. The summed E-state index contributed by atoms with van der Waals surface area (Å²) in [5, 5.41) is 10.9. The van der Waals surface area contributed by atoms with Crippen LogP contribution in [-0.4, -0.2) is 44.3 Å². The number of benzene rings is 1. The molecule has 1 fully saturated rings. The number of amides is 2. The maximum Gasteiger partial charge on any atom is 0.243 e. The summed E-state index contributed by atoms with van der Waals surface area (Å²) >= 11 is 5.83. The molecule has 0 aliphatic carbocycles. The third-order valence-electron chi connectivity index (χ3n) is 4.07. The topological polar surface area (TPSA) is 80.1 Å². The summed E-state index contributed by atoms with van der Waals surface area (Å²) in [7, 11) is 0. The second-order valence-corrected chi connectivity index (χ2v) is 6.17. The Hall–Kier alpha value is -2.48. The summed E-state index contributed by atoms with van der Waals surface area (Å²) in [6.07, 6.45) is 2.50. The summed E-state index contributed by atoms with van der Waals surface area (Å²) < 4.78 is 14.8. The van der Waals surface area contributed by atoms with E-state index in [1.807, 2.05) is 6.92 Å². The minimum absolute atomic E-state index is 0.00317. The fourth-order valence-electron chi connectivity index (χ4n) is 2.88. The zero-order valence-electron chi connectivity index (χ0n) is 13.6. The van der Waals surface area contributed by atoms with Gasteiger partial charge in [-0.25, -0.2) is 9.07 Å². The predicted molar refractivity (Wildman–Crippen MR) is 88.6 cm³/mol. The maximum absolute atomic E-state index is 13.4. The first kappa shape index (κ1) is 17.3. The molecule has 2 amide bonds. The smallest absolute Gasteiger partial charge is 0.243 e. The molecule has 1 N–H and O–H groups in total. The van der Waals surface area contributed by atoms with Crippen LogP contribution in [0.3, 0.4) is 0 Å². The van der Waals surface area contributed by atoms with Gasteiger partial charge in [0.1, 0.15) is 17.6 Å². The highest BCUT2D eigenvalue weighted by Crippen LogP contribution is 2.19. The standard InChI is InChI=1S/C16H17ClFN5O2/c1-2-22-14(3-4-15(22)24)16(25)19-8-12-9-23(21-20-12)13-6-10(17)5-11(18)7-13/h5-7,9,14H,2-4,8H2,1H3,(H,19,25). The monoisotopic (exact) mass is 365 g/mol. The number of likely N-dealkylation sites (tertiary alicyclic amines) is 1. The molecule has 25 heavy (non-hydrogen) atoms. The number of carbonyl (C=O) groups is 2. The van der Waals surface area contributed by atoms with E-state index < -0.39 is 11.9 Å². The van der Waals surface area contributed by atoms with Crippen LogP contribution in [0.5, 0.6) is 0 Å². The maximum atomic E-state index is 13.4. The van der Waals surface area contributed by atoms with Gasteiger partial charge < -0.3 is 10.2 Å². The Balaban J connectivity index is 1.64. The van der Waals surface area contributed by atoms with Crippen molar-refractivity contribution in [3.8, 4) is 5.69 Å². The lowest BCUT2D eigenvalue weighted by atomic mass is 10.2. The molecular formula is C16H17ClFN5O2. The number of aromatic nitrogens is 3. The first-order chi connectivity index (χ1) is 12.0. The van der Waals surface area contributed by atoms with E-state index >= 15 is 0 Å². The molecule has 1 aromatic heterocycles. The molecule has 1 atom stereocenters. The summed E-state index contributed by atoms with van der Waals surface area (Å²) in [6, 6.07) is 3.61. The van der Waals surface area contributed by atoms with Crippen molar-refractivity contribution in [2.75, 3.05) is 6.54 Å². The van der Waals surface area contributed by atoms with Gasteiger partial charge in [-0.05, 0) is 31.5 Å². The van der Waals surface area contributed by atoms with Gasteiger partial charge in [-0.3, -0.25) is 9.59 Å². The number of rotatable bonds is 5. The van der Waals surface area contributed by atoms with E-state index in [9.17, 15) is 14.0 Å². The molecule has 1 aromatic carbocycles. The number of hydrogen-bond donors (Lipinski definition) is 1. The molecule has 2 heterocycles. The zero-order valence-corrected chi connectivity index (χ0v) is 14.3. The third-order valence-corrected chi connectivity index (χ3v) is 4.29. The van der Waals surface area contributed by atoms with Crippen molar-refractivity contribution in [2.24, 2.45) is 0 Å². The van der Waals surface area contributed by atoms with Crippen molar-refractivity contribution in [1.29, 1.82) is 0 Å². The Bertz CT molecular complexity index is 789. The second-order valence-electron chi connectivity index (χ2n) is 5.73. The first-order valence-electron chi connectivity index (χ1n) is 7.93. The summed E-state index contributed by atoms with van der Waals surface area (Å²) in [4.78, 5) is 25.5. The van der Waals surface area contributed by atoms with Crippen LogP contribution < -0.4 is 5.32 Å². The molecule has 0 spiro atoms. The molecule has 1 aliphatic rings. The molecular weight excluding hydrogens is 349 g/mol. The van der Waals surface area contributed by atoms with Crippen LogP contribution in [-0.2, 0) is 16.1 Å². The van der Waals surface area contributed by atoms with Gasteiger partial charge in [0.2, 0.25) is 11.8 Å². The minimum atomic E-state index is -0.474. The average Bonchev–Trinajstić information content (AvgIpc) is 3.18. The molecule has 132 valence electrons. The Morgan fingerprint density at radius 3 is 2.96 bits per heavy atom. The summed E-state index contributed by atoms with van der Waals surface area (Å²) in [6.45, 7) is 2.52. The minimum Gasteiger partial charge on any atom is -0.349 e. The number of nitrogens with one attached hydrogen (secondary N) is 1. The van der Waals surface area contributed by atoms with Crippen LogP contribution in [0.15, 0.2) is 24.4 Å². The Morgan fingerprint density at radius 2 is 2.24 bits per heavy atom. The molecule has 1 saturated heterocycles. The lowest BCUT2D eigenvalue weighted by molar-refractivity contribution is -0.135. The van der Waals surface area contributed by atoms with Crippen LogP contribution in [0.4, 0.5) is 4.39 Å². The third kappa shape index (κ3) is 3.79. The van der Waals surface area contributed by atoms with Crippen LogP contribution in [0.1, 0.15) is 25.5 Å². The van der Waals surface area contributed by atoms with E-state index in [2.05, 4.69) is 15.6 Å². The van der Waals surface area contributed by atoms with E-state index in [0.29, 0.717) is 30.8 Å². The summed E-state index contributed by atoms with van der Waals surface area (Å²) in [5.41, 5.74) is 0.953. The van der Waals surface area contributed by atoms with Gasteiger partial charge in [0, 0.05) is 18.0 Å². The van der Waals surface area contributed by atoms with Gasteiger partial charge in [0.25, 0.3) is 0 Å². The lowest BCUT2D eigenvalue weighted by Crippen LogP contribution is -2.44. The number of nitrogens with zero attached hydrogens (tertiary/aromatic N) is 4. The Kier molecular flexibility index (Phi) is 4.98. The average molecular weight is 366 g/mol.